The van der Waals surface area contributed by atoms with E-state index in [0.29, 0.717) is 0 Å². The molecule has 1 heterocycles. The van der Waals surface area contributed by atoms with Gasteiger partial charge in [-0.05, 0) is 12.1 Å². The van der Waals surface area contributed by atoms with E-state index >= 15 is 0 Å². The summed E-state index contributed by atoms with van der Waals surface area (Å²) in [4.78, 5) is 11.5. The van der Waals surface area contributed by atoms with Crippen LogP contribution in [-0.4, -0.2) is 26.0 Å². The molecule has 22 heavy (non-hydrogen) atoms. The van der Waals surface area contributed by atoms with Crippen molar-refractivity contribution in [3.05, 3.63) is 35.5 Å². The van der Waals surface area contributed by atoms with E-state index in [1.807, 2.05) is 0 Å². The van der Waals surface area contributed by atoms with Crippen LogP contribution in [0.15, 0.2) is 29.2 Å². The molecule has 0 aliphatic heterocycles. The van der Waals surface area contributed by atoms with Crippen LogP contribution in [0.4, 0.5) is 19.0 Å². The van der Waals surface area contributed by atoms with Crippen molar-refractivity contribution in [2.24, 2.45) is 0 Å². The van der Waals surface area contributed by atoms with Crippen molar-refractivity contribution < 1.29 is 22.2 Å². The number of benzene rings is 1. The summed E-state index contributed by atoms with van der Waals surface area (Å²) in [6, 6.07) is 4.68. The Labute approximate surface area is 126 Å². The van der Waals surface area contributed by atoms with Gasteiger partial charge in [-0.25, -0.2) is 4.68 Å². The van der Waals surface area contributed by atoms with Crippen molar-refractivity contribution in [2.75, 3.05) is 12.0 Å². The summed E-state index contributed by atoms with van der Waals surface area (Å²) >= 11 is 0. The topological polar surface area (TPSA) is 78.0 Å². The van der Waals surface area contributed by atoms with Gasteiger partial charge in [-0.1, -0.05) is 12.1 Å². The lowest BCUT2D eigenvalue weighted by Crippen LogP contribution is -2.13. The molecule has 2 aromatic rings. The molecule has 2 rings (SSSR count). The number of carbonyl (C=O) groups is 1. The Morgan fingerprint density at radius 1 is 1.32 bits per heavy atom. The van der Waals surface area contributed by atoms with E-state index in [1.54, 1.807) is 0 Å². The number of anilines is 1. The third kappa shape index (κ3) is 2.76. The van der Waals surface area contributed by atoms with Crippen molar-refractivity contribution in [1.29, 1.82) is 0 Å². The fourth-order valence-electron chi connectivity index (χ4n) is 2.01. The number of alkyl halides is 3. The third-order valence-electron chi connectivity index (χ3n) is 2.93. The van der Waals surface area contributed by atoms with Gasteiger partial charge < -0.3 is 5.73 Å². The monoisotopic (exact) mass is 331 g/mol. The molecule has 2 N–H and O–H groups in total. The van der Waals surface area contributed by atoms with Crippen LogP contribution in [0.25, 0.3) is 5.69 Å². The average molecular weight is 331 g/mol. The van der Waals surface area contributed by atoms with Gasteiger partial charge in [0.1, 0.15) is 16.4 Å². The zero-order valence-corrected chi connectivity index (χ0v) is 12.5. The number of rotatable bonds is 3. The lowest BCUT2D eigenvalue weighted by Gasteiger charge is -2.13. The number of nitrogen functional groups attached to an aromatic ring is 1. The molecule has 0 spiro atoms. The normalized spacial score (nSPS) is 13.1. The number of carbonyl (C=O) groups excluding carboxylic acids is 1. The maximum atomic E-state index is 13.1. The van der Waals surface area contributed by atoms with Gasteiger partial charge in [-0.15, -0.1) is 0 Å². The van der Waals surface area contributed by atoms with Crippen LogP contribution in [0.2, 0.25) is 0 Å². The second-order valence-corrected chi connectivity index (χ2v) is 5.82. The first kappa shape index (κ1) is 16.2. The fraction of sp³-hybridized carbons (Fsp3) is 0.231. The van der Waals surface area contributed by atoms with Crippen LogP contribution >= 0.6 is 0 Å². The second kappa shape index (κ2) is 5.56. The number of aromatic nitrogens is 2. The maximum absolute atomic E-state index is 13.1. The molecule has 0 saturated heterocycles. The van der Waals surface area contributed by atoms with Crippen molar-refractivity contribution in [2.45, 2.75) is 18.0 Å². The minimum Gasteiger partial charge on any atom is -0.383 e. The van der Waals surface area contributed by atoms with Gasteiger partial charge in [0.25, 0.3) is 0 Å². The molecule has 1 atom stereocenters. The summed E-state index contributed by atoms with van der Waals surface area (Å²) in [6.45, 7) is 1.18. The minimum atomic E-state index is -4.61. The largest absolute Gasteiger partial charge is 0.418 e. The standard InChI is InChI=1S/C13H12F3N3O2S/c1-7(20)10-11(22(2)21)12(17)19(18-10)9-6-4-3-5-8(9)13(14,15)16/h3-6H,17H2,1-2H3. The van der Waals surface area contributed by atoms with Crippen LogP contribution in [0.3, 0.4) is 0 Å². The smallest absolute Gasteiger partial charge is 0.383 e. The van der Waals surface area contributed by atoms with Gasteiger partial charge in [-0.3, -0.25) is 9.00 Å². The molecular weight excluding hydrogens is 319 g/mol. The average Bonchev–Trinajstić information content (AvgIpc) is 2.75. The highest BCUT2D eigenvalue weighted by molar-refractivity contribution is 7.84. The number of nitrogens with zero attached hydrogens (tertiary/aromatic N) is 2. The SMILES string of the molecule is CC(=O)c1nn(-c2ccccc2C(F)(F)F)c(N)c1S(C)=O. The summed E-state index contributed by atoms with van der Waals surface area (Å²) in [5.41, 5.74) is 4.30. The first-order chi connectivity index (χ1) is 10.1. The maximum Gasteiger partial charge on any atom is 0.418 e. The molecule has 5 nitrogen and oxygen atoms in total. The Bertz CT molecular complexity index is 768. The predicted molar refractivity (Wildman–Crippen MR) is 75.3 cm³/mol. The molecule has 1 aromatic carbocycles. The summed E-state index contributed by atoms with van der Waals surface area (Å²) in [7, 11) is -1.66. The second-order valence-electron chi connectivity index (χ2n) is 4.50. The summed E-state index contributed by atoms with van der Waals surface area (Å²) in [5.74, 6) is -0.775. The molecule has 0 fully saturated rings. The lowest BCUT2D eigenvalue weighted by molar-refractivity contribution is -0.137. The Hall–Kier alpha value is -2.16. The summed E-state index contributed by atoms with van der Waals surface area (Å²) < 4.78 is 51.8. The molecule has 0 radical (unpaired) electrons. The highest BCUT2D eigenvalue weighted by atomic mass is 32.2. The van der Waals surface area contributed by atoms with E-state index in [-0.39, 0.29) is 22.1 Å². The highest BCUT2D eigenvalue weighted by Crippen LogP contribution is 2.35. The molecule has 118 valence electrons. The molecule has 0 bridgehead atoms. The Morgan fingerprint density at radius 2 is 1.91 bits per heavy atom. The molecule has 0 amide bonds. The lowest BCUT2D eigenvalue weighted by atomic mass is 10.1. The van der Waals surface area contributed by atoms with Gasteiger partial charge >= 0.3 is 6.18 Å². The van der Waals surface area contributed by atoms with Crippen molar-refractivity contribution in [3.63, 3.8) is 0 Å². The van der Waals surface area contributed by atoms with Gasteiger partial charge in [0.05, 0.1) is 22.1 Å². The van der Waals surface area contributed by atoms with Crippen molar-refractivity contribution in [1.82, 2.24) is 9.78 Å². The van der Waals surface area contributed by atoms with Crippen molar-refractivity contribution >= 4 is 22.4 Å². The Balaban J connectivity index is 2.78. The van der Waals surface area contributed by atoms with E-state index in [1.165, 1.54) is 31.4 Å². The Morgan fingerprint density at radius 3 is 2.36 bits per heavy atom. The van der Waals surface area contributed by atoms with E-state index in [0.717, 1.165) is 10.7 Å². The van der Waals surface area contributed by atoms with Gasteiger partial charge in [0.15, 0.2) is 5.78 Å². The van der Waals surface area contributed by atoms with Crippen LogP contribution in [0.5, 0.6) is 0 Å². The Kier molecular flexibility index (Phi) is 4.10. The van der Waals surface area contributed by atoms with Gasteiger partial charge in [0, 0.05) is 13.2 Å². The number of nitrogens with two attached hydrogens (primary N) is 1. The van der Waals surface area contributed by atoms with Crippen LogP contribution in [-0.2, 0) is 17.0 Å². The quantitative estimate of drug-likeness (QED) is 0.876. The zero-order valence-electron chi connectivity index (χ0n) is 11.6. The first-order valence-corrected chi connectivity index (χ1v) is 7.60. The molecule has 0 saturated carbocycles. The third-order valence-corrected chi connectivity index (χ3v) is 3.91. The number of halogens is 3. The van der Waals surface area contributed by atoms with E-state index < -0.39 is 28.3 Å². The predicted octanol–water partition coefficient (Wildman–Crippen LogP) is 2.41. The minimum absolute atomic E-state index is 0.0653. The molecule has 1 aromatic heterocycles. The van der Waals surface area contributed by atoms with Crippen LogP contribution in [0.1, 0.15) is 23.0 Å². The number of hydrogen-bond donors (Lipinski definition) is 1. The van der Waals surface area contributed by atoms with Gasteiger partial charge in [-0.2, -0.15) is 18.3 Å². The summed E-state index contributed by atoms with van der Waals surface area (Å²) in [5, 5.41) is 3.82. The highest BCUT2D eigenvalue weighted by Gasteiger charge is 2.35. The number of ketones is 1. The number of Topliss-reactive ketones (excluding diaryl/α,β-unsaturated/α-hetero) is 1. The van der Waals surface area contributed by atoms with Crippen LogP contribution < -0.4 is 5.73 Å². The van der Waals surface area contributed by atoms with Crippen LogP contribution in [0, 0.1) is 0 Å². The molecule has 0 aliphatic rings. The van der Waals surface area contributed by atoms with Crippen molar-refractivity contribution in [3.8, 4) is 5.69 Å². The molecule has 1 unspecified atom stereocenters. The van der Waals surface area contributed by atoms with E-state index in [2.05, 4.69) is 5.10 Å². The first-order valence-electron chi connectivity index (χ1n) is 6.04. The number of para-hydroxylation sites is 1. The van der Waals surface area contributed by atoms with Gasteiger partial charge in [0.2, 0.25) is 0 Å². The molecule has 9 heteroatoms. The summed E-state index contributed by atoms with van der Waals surface area (Å²) in [6.07, 6.45) is -3.34. The zero-order chi connectivity index (χ0) is 16.7. The van der Waals surface area contributed by atoms with E-state index in [4.69, 9.17) is 5.73 Å². The molecular formula is C13H12F3N3O2S. The number of hydrogen-bond acceptors (Lipinski definition) is 4. The fourth-order valence-corrected chi connectivity index (χ4v) is 2.85. The molecule has 0 aliphatic carbocycles. The van der Waals surface area contributed by atoms with E-state index in [9.17, 15) is 22.2 Å².